The van der Waals surface area contributed by atoms with Gasteiger partial charge in [-0.2, -0.15) is 0 Å². The van der Waals surface area contributed by atoms with E-state index in [-0.39, 0.29) is 16.3 Å². The van der Waals surface area contributed by atoms with Crippen LogP contribution in [0, 0.1) is 0 Å². The second-order valence-corrected chi connectivity index (χ2v) is 6.03. The van der Waals surface area contributed by atoms with E-state index in [9.17, 15) is 24.0 Å². The molecule has 0 fully saturated rings. The number of H-pyrrole nitrogens is 1. The minimum Gasteiger partial charge on any atom is -0.454 e. The molecule has 2 amide bonds. The molecule has 3 aromatic rings. The Hall–Kier alpha value is -4.21. The Bertz CT molecular complexity index is 1210. The fraction of sp³-hybridized carbons (Fsp3) is 0.105. The number of aromatic amines is 1. The summed E-state index contributed by atoms with van der Waals surface area (Å²) < 4.78 is 5.67. The molecule has 0 bridgehead atoms. The number of ether oxygens (including phenoxy) is 1. The van der Waals surface area contributed by atoms with Gasteiger partial charge in [-0.15, -0.1) is 0 Å². The van der Waals surface area contributed by atoms with Crippen molar-refractivity contribution in [3.63, 3.8) is 0 Å². The van der Waals surface area contributed by atoms with Crippen LogP contribution in [-0.4, -0.2) is 34.2 Å². The molecule has 0 saturated carbocycles. The lowest BCUT2D eigenvalue weighted by Gasteiger charge is -2.09. The highest BCUT2D eigenvalue weighted by Gasteiger charge is 2.13. The third kappa shape index (κ3) is 4.56. The number of carbonyl (C=O) groups excluding carboxylic acids is 3. The summed E-state index contributed by atoms with van der Waals surface area (Å²) in [6, 6.07) is 12.0. The van der Waals surface area contributed by atoms with E-state index in [1.54, 1.807) is 12.1 Å². The molecule has 0 aliphatic carbocycles. The van der Waals surface area contributed by atoms with Gasteiger partial charge < -0.3 is 15.8 Å². The van der Waals surface area contributed by atoms with E-state index in [1.807, 2.05) is 0 Å². The van der Waals surface area contributed by atoms with Crippen molar-refractivity contribution in [1.29, 1.82) is 0 Å². The van der Waals surface area contributed by atoms with E-state index in [4.69, 9.17) is 10.5 Å². The molecular formula is C19H16N4O6. The number of primary amides is 1. The van der Waals surface area contributed by atoms with Gasteiger partial charge in [0.05, 0.1) is 10.8 Å². The minimum absolute atomic E-state index is 0.168. The van der Waals surface area contributed by atoms with Crippen molar-refractivity contribution in [3.05, 3.63) is 74.8 Å². The molecule has 1 heterocycles. The maximum Gasteiger partial charge on any atom is 0.328 e. The normalized spacial score (nSPS) is 10.5. The van der Waals surface area contributed by atoms with Crippen molar-refractivity contribution in [2.24, 2.45) is 5.73 Å². The molecule has 3 rings (SSSR count). The van der Waals surface area contributed by atoms with E-state index in [2.05, 4.69) is 10.4 Å². The number of carbonyl (C=O) groups is 3. The summed E-state index contributed by atoms with van der Waals surface area (Å²) in [5.74, 6) is -2.10. The molecule has 0 atom stereocenters. The molecule has 0 aliphatic heterocycles. The molecule has 0 radical (unpaired) electrons. The largest absolute Gasteiger partial charge is 0.454 e. The summed E-state index contributed by atoms with van der Waals surface area (Å²) in [7, 11) is 0. The minimum atomic E-state index is -0.878. The van der Waals surface area contributed by atoms with Gasteiger partial charge in [-0.3, -0.25) is 29.1 Å². The molecule has 0 saturated heterocycles. The van der Waals surface area contributed by atoms with E-state index in [0.717, 1.165) is 4.68 Å². The van der Waals surface area contributed by atoms with Crippen LogP contribution in [0.3, 0.4) is 0 Å². The topological polar surface area (TPSA) is 153 Å². The Morgan fingerprint density at radius 1 is 1.00 bits per heavy atom. The smallest absolute Gasteiger partial charge is 0.328 e. The van der Waals surface area contributed by atoms with Gasteiger partial charge in [0.15, 0.2) is 6.61 Å². The molecule has 2 aromatic carbocycles. The van der Waals surface area contributed by atoms with Crippen LogP contribution in [0.5, 0.6) is 0 Å². The van der Waals surface area contributed by atoms with E-state index in [1.165, 1.54) is 36.4 Å². The van der Waals surface area contributed by atoms with Crippen LogP contribution < -0.4 is 22.2 Å². The third-order valence-electron chi connectivity index (χ3n) is 3.99. The van der Waals surface area contributed by atoms with Crippen LogP contribution >= 0.6 is 0 Å². The molecule has 148 valence electrons. The van der Waals surface area contributed by atoms with Crippen molar-refractivity contribution in [3.8, 4) is 0 Å². The van der Waals surface area contributed by atoms with Gasteiger partial charge in [-0.1, -0.05) is 12.1 Å². The second-order valence-electron chi connectivity index (χ2n) is 6.03. The molecule has 10 heteroatoms. The van der Waals surface area contributed by atoms with Crippen LogP contribution in [0.2, 0.25) is 0 Å². The number of fused-ring (bicyclic) bond motifs is 1. The predicted octanol–water partition coefficient (Wildman–Crippen LogP) is -0.0294. The zero-order valence-corrected chi connectivity index (χ0v) is 15.0. The lowest BCUT2D eigenvalue weighted by molar-refractivity contribution is -0.148. The van der Waals surface area contributed by atoms with Crippen molar-refractivity contribution >= 4 is 34.2 Å². The Balaban J connectivity index is 1.60. The molecule has 4 N–H and O–H groups in total. The van der Waals surface area contributed by atoms with Gasteiger partial charge in [0.1, 0.15) is 6.54 Å². The molecule has 1 aromatic heterocycles. The summed E-state index contributed by atoms with van der Waals surface area (Å²) in [6.07, 6.45) is 0. The van der Waals surface area contributed by atoms with Crippen molar-refractivity contribution < 1.29 is 19.1 Å². The van der Waals surface area contributed by atoms with Gasteiger partial charge in [0.2, 0.25) is 5.91 Å². The number of hydrogen-bond acceptors (Lipinski definition) is 6. The quantitative estimate of drug-likeness (QED) is 0.497. The zero-order valence-electron chi connectivity index (χ0n) is 15.0. The average molecular weight is 396 g/mol. The number of benzene rings is 2. The van der Waals surface area contributed by atoms with Crippen molar-refractivity contribution in [2.45, 2.75) is 6.54 Å². The summed E-state index contributed by atoms with van der Waals surface area (Å²) >= 11 is 0. The maximum absolute atomic E-state index is 12.3. The number of rotatable bonds is 6. The third-order valence-corrected chi connectivity index (χ3v) is 3.99. The van der Waals surface area contributed by atoms with Crippen molar-refractivity contribution in [2.75, 3.05) is 11.9 Å². The first-order chi connectivity index (χ1) is 13.8. The number of nitrogens with two attached hydrogens (primary N) is 1. The number of esters is 1. The summed E-state index contributed by atoms with van der Waals surface area (Å²) in [4.78, 5) is 59.2. The highest BCUT2D eigenvalue weighted by atomic mass is 16.5. The fourth-order valence-corrected chi connectivity index (χ4v) is 2.59. The molecule has 0 unspecified atom stereocenters. The van der Waals surface area contributed by atoms with Crippen LogP contribution in [0.25, 0.3) is 10.8 Å². The zero-order chi connectivity index (χ0) is 21.0. The first kappa shape index (κ1) is 19.5. The Morgan fingerprint density at radius 2 is 1.66 bits per heavy atom. The SMILES string of the molecule is NC(=O)c1ccc(NC(=O)COC(=O)Cn2[nH]c(=O)c3ccccc3c2=O)cc1. The van der Waals surface area contributed by atoms with Gasteiger partial charge in [-0.05, 0) is 36.4 Å². The number of aromatic nitrogens is 2. The van der Waals surface area contributed by atoms with E-state index < -0.39 is 42.1 Å². The first-order valence-corrected chi connectivity index (χ1v) is 8.42. The molecule has 0 aliphatic rings. The standard InChI is InChI=1S/C19H16N4O6/c20-17(26)11-5-7-12(8-6-11)21-15(24)10-29-16(25)9-23-19(28)14-4-2-1-3-13(14)18(27)22-23/h1-8H,9-10H2,(H2,20,26)(H,21,24)(H,22,27). The highest BCUT2D eigenvalue weighted by molar-refractivity contribution is 5.95. The van der Waals surface area contributed by atoms with Crippen LogP contribution in [0.4, 0.5) is 5.69 Å². The lowest BCUT2D eigenvalue weighted by Crippen LogP contribution is -2.33. The number of anilines is 1. The average Bonchev–Trinajstić information content (AvgIpc) is 2.71. The van der Waals surface area contributed by atoms with E-state index >= 15 is 0 Å². The predicted molar refractivity (Wildman–Crippen MR) is 103 cm³/mol. The summed E-state index contributed by atoms with van der Waals surface area (Å²) in [6.45, 7) is -1.15. The summed E-state index contributed by atoms with van der Waals surface area (Å²) in [5.41, 5.74) is 4.71. The molecule has 29 heavy (non-hydrogen) atoms. The van der Waals surface area contributed by atoms with Crippen molar-refractivity contribution in [1.82, 2.24) is 9.78 Å². The first-order valence-electron chi connectivity index (χ1n) is 8.42. The van der Waals surface area contributed by atoms with Gasteiger partial charge in [0, 0.05) is 11.3 Å². The molecular weight excluding hydrogens is 380 g/mol. The maximum atomic E-state index is 12.3. The van der Waals surface area contributed by atoms with E-state index in [0.29, 0.717) is 5.69 Å². The number of hydrogen-bond donors (Lipinski definition) is 3. The van der Waals surface area contributed by atoms with Gasteiger partial charge in [-0.25, -0.2) is 4.68 Å². The molecule has 0 spiro atoms. The van der Waals surface area contributed by atoms with Crippen LogP contribution in [-0.2, 0) is 20.9 Å². The lowest BCUT2D eigenvalue weighted by atomic mass is 10.2. The van der Waals surface area contributed by atoms with Crippen LogP contribution in [0.1, 0.15) is 10.4 Å². The van der Waals surface area contributed by atoms with Crippen LogP contribution in [0.15, 0.2) is 58.1 Å². The fourth-order valence-electron chi connectivity index (χ4n) is 2.59. The van der Waals surface area contributed by atoms with Gasteiger partial charge in [0.25, 0.3) is 17.0 Å². The monoisotopic (exact) mass is 396 g/mol. The number of nitrogens with zero attached hydrogens (tertiary/aromatic N) is 1. The Kier molecular flexibility index (Phi) is 5.54. The highest BCUT2D eigenvalue weighted by Crippen LogP contribution is 2.09. The second kappa shape index (κ2) is 8.21. The number of nitrogens with one attached hydrogen (secondary N) is 2. The Morgan fingerprint density at radius 3 is 2.31 bits per heavy atom. The Labute approximate surface area is 162 Å². The van der Waals surface area contributed by atoms with Gasteiger partial charge >= 0.3 is 5.97 Å². The molecule has 10 nitrogen and oxygen atoms in total. The number of amides is 2. The summed E-state index contributed by atoms with van der Waals surface area (Å²) in [5, 5.41) is 5.16.